The summed E-state index contributed by atoms with van der Waals surface area (Å²) in [6.07, 6.45) is 2.88. The first kappa shape index (κ1) is 16.4. The summed E-state index contributed by atoms with van der Waals surface area (Å²) in [7, 11) is -1.64. The Hall–Kier alpha value is -0.630. The monoisotopic (exact) mass is 282 g/mol. The second kappa shape index (κ2) is 6.95. The van der Waals surface area contributed by atoms with Gasteiger partial charge in [-0.3, -0.25) is 4.68 Å². The van der Waals surface area contributed by atoms with Crippen LogP contribution in [-0.2, 0) is 16.6 Å². The van der Waals surface area contributed by atoms with Crippen LogP contribution >= 0.6 is 12.4 Å². The molecule has 0 bridgehead atoms. The Balaban J connectivity index is 0.00000256. The highest BCUT2D eigenvalue weighted by Crippen LogP contribution is 2.06. The molecule has 0 saturated heterocycles. The van der Waals surface area contributed by atoms with Gasteiger partial charge in [0.15, 0.2) is 0 Å². The van der Waals surface area contributed by atoms with E-state index in [1.165, 1.54) is 12.4 Å². The Morgan fingerprint density at radius 1 is 1.53 bits per heavy atom. The third-order valence-corrected chi connectivity index (χ3v) is 3.69. The topological polar surface area (TPSA) is 76.0 Å². The minimum Gasteiger partial charge on any atom is -0.316 e. The quantitative estimate of drug-likeness (QED) is 0.782. The summed E-state index contributed by atoms with van der Waals surface area (Å²) in [4.78, 5) is 0.206. The van der Waals surface area contributed by atoms with Gasteiger partial charge >= 0.3 is 0 Å². The molecule has 17 heavy (non-hydrogen) atoms. The van der Waals surface area contributed by atoms with Crippen molar-refractivity contribution in [1.82, 2.24) is 19.8 Å². The van der Waals surface area contributed by atoms with Crippen molar-refractivity contribution in [2.75, 3.05) is 13.6 Å². The maximum Gasteiger partial charge on any atom is 0.243 e. The number of hydrogen-bond donors (Lipinski definition) is 2. The molecule has 0 fully saturated rings. The van der Waals surface area contributed by atoms with E-state index in [-0.39, 0.29) is 23.3 Å². The van der Waals surface area contributed by atoms with Crippen molar-refractivity contribution < 1.29 is 8.42 Å². The molecular formula is C9H19ClN4O2S. The molecule has 0 aliphatic rings. The van der Waals surface area contributed by atoms with Gasteiger partial charge in [0.25, 0.3) is 0 Å². The van der Waals surface area contributed by atoms with Crippen LogP contribution in [0.5, 0.6) is 0 Å². The molecule has 0 spiro atoms. The Labute approximate surface area is 108 Å². The van der Waals surface area contributed by atoms with Crippen LogP contribution in [-0.4, -0.2) is 37.8 Å². The van der Waals surface area contributed by atoms with Gasteiger partial charge in [0.1, 0.15) is 4.90 Å². The van der Waals surface area contributed by atoms with E-state index in [1.807, 2.05) is 13.8 Å². The van der Waals surface area contributed by atoms with Crippen LogP contribution in [0.2, 0.25) is 0 Å². The van der Waals surface area contributed by atoms with Gasteiger partial charge in [-0.05, 0) is 20.9 Å². The molecule has 100 valence electrons. The van der Waals surface area contributed by atoms with E-state index in [9.17, 15) is 8.42 Å². The average molecular weight is 283 g/mol. The number of rotatable bonds is 6. The summed E-state index contributed by atoms with van der Waals surface area (Å²) in [6.45, 7) is 4.82. The molecule has 0 amide bonds. The first-order chi connectivity index (χ1) is 7.49. The number of sulfonamides is 1. The zero-order chi connectivity index (χ0) is 12.2. The van der Waals surface area contributed by atoms with Crippen molar-refractivity contribution in [3.05, 3.63) is 12.4 Å². The molecule has 1 aromatic heterocycles. The van der Waals surface area contributed by atoms with Crippen molar-refractivity contribution in [2.24, 2.45) is 0 Å². The SMILES string of the molecule is CCn1cc(S(=O)(=O)NCC(C)NC)cn1.Cl. The van der Waals surface area contributed by atoms with Crippen LogP contribution < -0.4 is 10.0 Å². The lowest BCUT2D eigenvalue weighted by molar-refractivity contribution is 0.554. The Bertz CT molecular complexity index is 432. The summed E-state index contributed by atoms with van der Waals surface area (Å²) in [6, 6.07) is 0.0935. The largest absolute Gasteiger partial charge is 0.316 e. The smallest absolute Gasteiger partial charge is 0.243 e. The predicted molar refractivity (Wildman–Crippen MR) is 68.9 cm³/mol. The molecule has 2 N–H and O–H groups in total. The Kier molecular flexibility index (Phi) is 6.69. The molecule has 0 saturated carbocycles. The van der Waals surface area contributed by atoms with Crippen molar-refractivity contribution in [3.63, 3.8) is 0 Å². The number of nitrogens with zero attached hydrogens (tertiary/aromatic N) is 2. The average Bonchev–Trinajstić information content (AvgIpc) is 2.75. The molecule has 6 nitrogen and oxygen atoms in total. The number of aryl methyl sites for hydroxylation is 1. The van der Waals surface area contributed by atoms with Crippen molar-refractivity contribution in [2.45, 2.75) is 31.3 Å². The van der Waals surface area contributed by atoms with E-state index in [2.05, 4.69) is 15.1 Å². The van der Waals surface area contributed by atoms with Gasteiger partial charge in [-0.1, -0.05) is 0 Å². The molecule has 1 atom stereocenters. The number of likely N-dealkylation sites (N-methyl/N-ethyl adjacent to an activating group) is 1. The lowest BCUT2D eigenvalue weighted by atomic mass is 10.4. The fourth-order valence-electron chi connectivity index (χ4n) is 1.08. The van der Waals surface area contributed by atoms with E-state index >= 15 is 0 Å². The van der Waals surface area contributed by atoms with Crippen LogP contribution in [0.4, 0.5) is 0 Å². The predicted octanol–water partition coefficient (Wildman–Crippen LogP) is 0.211. The highest BCUT2D eigenvalue weighted by atomic mass is 35.5. The molecule has 0 aliphatic carbocycles. The van der Waals surface area contributed by atoms with E-state index < -0.39 is 10.0 Å². The van der Waals surface area contributed by atoms with Crippen LogP contribution in [0.15, 0.2) is 17.3 Å². The molecule has 8 heteroatoms. The first-order valence-electron chi connectivity index (χ1n) is 5.19. The lowest BCUT2D eigenvalue weighted by Crippen LogP contribution is -2.37. The normalized spacial score (nSPS) is 13.1. The molecule has 0 aliphatic heterocycles. The third-order valence-electron chi connectivity index (χ3n) is 2.32. The highest BCUT2D eigenvalue weighted by molar-refractivity contribution is 7.89. The second-order valence-corrected chi connectivity index (χ2v) is 5.34. The summed E-state index contributed by atoms with van der Waals surface area (Å²) >= 11 is 0. The molecule has 1 aromatic rings. The molecule has 0 aromatic carbocycles. The zero-order valence-corrected chi connectivity index (χ0v) is 11.8. The minimum absolute atomic E-state index is 0. The van der Waals surface area contributed by atoms with Crippen LogP contribution in [0.3, 0.4) is 0 Å². The van der Waals surface area contributed by atoms with Crippen molar-refractivity contribution in [1.29, 1.82) is 0 Å². The maximum atomic E-state index is 11.8. The second-order valence-electron chi connectivity index (χ2n) is 3.57. The first-order valence-corrected chi connectivity index (χ1v) is 6.67. The van der Waals surface area contributed by atoms with Gasteiger partial charge in [0.05, 0.1) is 6.20 Å². The third kappa shape index (κ3) is 4.63. The van der Waals surface area contributed by atoms with E-state index in [1.54, 1.807) is 11.7 Å². The molecular weight excluding hydrogens is 264 g/mol. The van der Waals surface area contributed by atoms with Crippen molar-refractivity contribution >= 4 is 22.4 Å². The van der Waals surface area contributed by atoms with E-state index in [4.69, 9.17) is 0 Å². The molecule has 1 unspecified atom stereocenters. The standard InChI is InChI=1S/C9H18N4O2S.ClH/c1-4-13-7-9(6-11-13)16(14,15)12-5-8(2)10-3;/h6-8,10,12H,4-5H2,1-3H3;1H. The molecule has 0 radical (unpaired) electrons. The highest BCUT2D eigenvalue weighted by Gasteiger charge is 2.16. The van der Waals surface area contributed by atoms with Gasteiger partial charge in [0.2, 0.25) is 10.0 Å². The minimum atomic E-state index is -3.43. The molecule has 1 rings (SSSR count). The number of aromatic nitrogens is 2. The fraction of sp³-hybridized carbons (Fsp3) is 0.667. The lowest BCUT2D eigenvalue weighted by Gasteiger charge is -2.10. The van der Waals surface area contributed by atoms with E-state index in [0.717, 1.165) is 0 Å². The number of nitrogens with one attached hydrogen (secondary N) is 2. The summed E-state index contributed by atoms with van der Waals surface area (Å²) in [5, 5.41) is 6.89. The number of hydrogen-bond acceptors (Lipinski definition) is 4. The summed E-state index contributed by atoms with van der Waals surface area (Å²) in [5.74, 6) is 0. The van der Waals surface area contributed by atoms with Gasteiger partial charge in [-0.2, -0.15) is 5.10 Å². The Morgan fingerprint density at radius 2 is 2.18 bits per heavy atom. The van der Waals surface area contributed by atoms with Crippen molar-refractivity contribution in [3.8, 4) is 0 Å². The Morgan fingerprint density at radius 3 is 2.65 bits per heavy atom. The van der Waals surface area contributed by atoms with Crippen LogP contribution in [0, 0.1) is 0 Å². The maximum absolute atomic E-state index is 11.8. The van der Waals surface area contributed by atoms with Gasteiger partial charge in [0, 0.05) is 25.3 Å². The fourth-order valence-corrected chi connectivity index (χ4v) is 2.16. The van der Waals surface area contributed by atoms with Gasteiger partial charge in [-0.25, -0.2) is 13.1 Å². The van der Waals surface area contributed by atoms with Gasteiger partial charge < -0.3 is 5.32 Å². The summed E-state index contributed by atoms with van der Waals surface area (Å²) in [5.41, 5.74) is 0. The van der Waals surface area contributed by atoms with Gasteiger partial charge in [-0.15, -0.1) is 12.4 Å². The van der Waals surface area contributed by atoms with Crippen LogP contribution in [0.25, 0.3) is 0 Å². The summed E-state index contributed by atoms with van der Waals surface area (Å²) < 4.78 is 27.7. The zero-order valence-electron chi connectivity index (χ0n) is 10.2. The van der Waals surface area contributed by atoms with E-state index in [0.29, 0.717) is 13.1 Å². The molecule has 1 heterocycles. The van der Waals surface area contributed by atoms with Crippen LogP contribution in [0.1, 0.15) is 13.8 Å². The number of halogens is 1.